The normalized spacial score (nSPS) is 19.2. The van der Waals surface area contributed by atoms with E-state index in [0.29, 0.717) is 11.3 Å². The molecule has 0 aliphatic heterocycles. The number of rotatable bonds is 3. The van der Waals surface area contributed by atoms with Crippen LogP contribution in [0.15, 0.2) is 77.3 Å². The highest BCUT2D eigenvalue weighted by atomic mass is 16.3. The summed E-state index contributed by atoms with van der Waals surface area (Å²) in [6.07, 6.45) is 5.21. The van der Waals surface area contributed by atoms with E-state index in [0.717, 1.165) is 69.9 Å². The number of hydrogen-bond acceptors (Lipinski definition) is 2. The molecular formula is C33H33NO. The van der Waals surface area contributed by atoms with E-state index in [9.17, 15) is 1.37 Å². The Hall–Kier alpha value is -3.39. The molecule has 0 N–H and O–H groups in total. The van der Waals surface area contributed by atoms with Gasteiger partial charge < -0.3 is 4.42 Å². The first-order valence-corrected chi connectivity index (χ1v) is 12.5. The summed E-state index contributed by atoms with van der Waals surface area (Å²) < 4.78 is 40.1. The molecule has 5 aromatic rings. The van der Waals surface area contributed by atoms with Crippen molar-refractivity contribution in [3.63, 3.8) is 0 Å². The standard InChI is InChI=1S/C33H33NO/c1-21-18-24(23-14-16-33(3,4)17-15-23)12-13-25(21)29-19-30(34-20-22(29)2)28-10-7-9-27-26-8-5-6-11-31(26)35-32(27)28/h5-13,18-20,23H,14-17H2,1-4H3/i2D3,23D. The second kappa shape index (κ2) is 8.37. The number of hydrogen-bond donors (Lipinski definition) is 0. The maximum Gasteiger partial charge on any atom is 0.144 e. The molecule has 0 saturated heterocycles. The van der Waals surface area contributed by atoms with Crippen LogP contribution in [0.4, 0.5) is 0 Å². The molecule has 176 valence electrons. The minimum Gasteiger partial charge on any atom is -0.455 e. The van der Waals surface area contributed by atoms with Crippen molar-refractivity contribution < 1.29 is 9.90 Å². The molecular weight excluding hydrogens is 426 g/mol. The number of aromatic nitrogens is 1. The van der Waals surface area contributed by atoms with Crippen molar-refractivity contribution in [2.75, 3.05) is 0 Å². The van der Waals surface area contributed by atoms with Crippen molar-refractivity contribution >= 4 is 21.9 Å². The van der Waals surface area contributed by atoms with Crippen molar-refractivity contribution in [2.45, 2.75) is 59.2 Å². The molecule has 0 bridgehead atoms. The highest BCUT2D eigenvalue weighted by Gasteiger charge is 2.27. The topological polar surface area (TPSA) is 26.0 Å². The zero-order chi connectivity index (χ0) is 27.6. The third-order valence-electron chi connectivity index (χ3n) is 7.72. The van der Waals surface area contributed by atoms with Crippen LogP contribution >= 0.6 is 0 Å². The Labute approximate surface area is 213 Å². The number of fused-ring (bicyclic) bond motifs is 3. The molecule has 1 saturated carbocycles. The molecule has 0 spiro atoms. The molecule has 2 nitrogen and oxygen atoms in total. The maximum atomic E-state index is 9.21. The number of furan rings is 1. The van der Waals surface area contributed by atoms with Gasteiger partial charge in [-0.05, 0) is 96.8 Å². The van der Waals surface area contributed by atoms with Gasteiger partial charge in [-0.3, -0.25) is 4.98 Å². The van der Waals surface area contributed by atoms with Gasteiger partial charge in [-0.1, -0.05) is 62.4 Å². The van der Waals surface area contributed by atoms with Gasteiger partial charge in [0, 0.05) is 28.0 Å². The smallest absolute Gasteiger partial charge is 0.144 e. The van der Waals surface area contributed by atoms with E-state index >= 15 is 0 Å². The molecule has 0 unspecified atom stereocenters. The van der Waals surface area contributed by atoms with Gasteiger partial charge in [-0.15, -0.1) is 0 Å². The van der Waals surface area contributed by atoms with E-state index in [1.165, 1.54) is 6.20 Å². The Balaban J connectivity index is 1.47. The second-order valence-electron chi connectivity index (χ2n) is 10.7. The average Bonchev–Trinajstić information content (AvgIpc) is 3.29. The predicted octanol–water partition coefficient (Wildman–Crippen LogP) is 9.62. The summed E-state index contributed by atoms with van der Waals surface area (Å²) >= 11 is 0. The largest absolute Gasteiger partial charge is 0.455 e. The fourth-order valence-electron chi connectivity index (χ4n) is 5.48. The lowest BCUT2D eigenvalue weighted by Gasteiger charge is -2.34. The quantitative estimate of drug-likeness (QED) is 0.266. The SMILES string of the molecule is [2H]C([2H])([2H])c1cnc(-c2cccc3c2oc2ccccc23)cc1-c1ccc(C2([2H])CCC(C)(C)CC2)cc1C. The van der Waals surface area contributed by atoms with Crippen LogP contribution in [0.2, 0.25) is 0 Å². The highest BCUT2D eigenvalue weighted by Crippen LogP contribution is 2.43. The summed E-state index contributed by atoms with van der Waals surface area (Å²) in [4.78, 5) is 4.62. The molecule has 6 rings (SSSR count). The van der Waals surface area contributed by atoms with Crippen molar-refractivity contribution in [3.8, 4) is 22.4 Å². The number of benzene rings is 3. The average molecular weight is 464 g/mol. The van der Waals surface area contributed by atoms with Gasteiger partial charge in [0.2, 0.25) is 0 Å². The first-order chi connectivity index (χ1) is 18.5. The minimum atomic E-state index is -2.32. The van der Waals surface area contributed by atoms with Crippen LogP contribution in [0, 0.1) is 19.2 Å². The first-order valence-electron chi connectivity index (χ1n) is 14.5. The fourth-order valence-corrected chi connectivity index (χ4v) is 5.48. The van der Waals surface area contributed by atoms with Gasteiger partial charge in [0.25, 0.3) is 0 Å². The maximum absolute atomic E-state index is 9.21. The summed E-state index contributed by atoms with van der Waals surface area (Å²) in [7, 11) is 0. The molecule has 3 aromatic carbocycles. The first kappa shape index (κ1) is 18.0. The number of para-hydroxylation sites is 2. The van der Waals surface area contributed by atoms with Crippen molar-refractivity contribution in [1.29, 1.82) is 0 Å². The van der Waals surface area contributed by atoms with Gasteiger partial charge in [0.15, 0.2) is 0 Å². The molecule has 35 heavy (non-hydrogen) atoms. The van der Waals surface area contributed by atoms with Gasteiger partial charge in [0.05, 0.1) is 5.69 Å². The van der Waals surface area contributed by atoms with Crippen molar-refractivity contribution in [1.82, 2.24) is 4.98 Å². The Bertz CT molecular complexity index is 1700. The third kappa shape index (κ3) is 3.95. The Kier molecular flexibility index (Phi) is 4.30. The predicted molar refractivity (Wildman–Crippen MR) is 147 cm³/mol. The number of pyridine rings is 1. The Morgan fingerprint density at radius 1 is 0.886 bits per heavy atom. The van der Waals surface area contributed by atoms with Crippen LogP contribution in [-0.2, 0) is 0 Å². The zero-order valence-electron chi connectivity index (χ0n) is 24.6. The molecule has 0 atom stereocenters. The molecule has 1 fully saturated rings. The zero-order valence-corrected chi connectivity index (χ0v) is 20.6. The van der Waals surface area contributed by atoms with E-state index in [4.69, 9.17) is 8.53 Å². The van der Waals surface area contributed by atoms with E-state index in [-0.39, 0.29) is 11.0 Å². The van der Waals surface area contributed by atoms with E-state index < -0.39 is 12.7 Å². The van der Waals surface area contributed by atoms with E-state index in [1.807, 2.05) is 67.6 Å². The Morgan fingerprint density at radius 3 is 2.49 bits per heavy atom. The molecule has 0 amide bonds. The van der Waals surface area contributed by atoms with Crippen LogP contribution in [0.3, 0.4) is 0 Å². The van der Waals surface area contributed by atoms with Gasteiger partial charge in [-0.25, -0.2) is 0 Å². The second-order valence-corrected chi connectivity index (χ2v) is 10.7. The van der Waals surface area contributed by atoms with E-state index in [1.54, 1.807) is 0 Å². The molecule has 1 aliphatic carbocycles. The summed E-state index contributed by atoms with van der Waals surface area (Å²) in [6.45, 7) is 4.26. The van der Waals surface area contributed by atoms with Crippen LogP contribution in [0.1, 0.15) is 67.6 Å². The monoisotopic (exact) mass is 463 g/mol. The highest BCUT2D eigenvalue weighted by molar-refractivity contribution is 6.09. The molecule has 2 heterocycles. The lowest BCUT2D eigenvalue weighted by atomic mass is 9.71. The third-order valence-corrected chi connectivity index (χ3v) is 7.72. The molecule has 2 aromatic heterocycles. The van der Waals surface area contributed by atoms with Crippen LogP contribution in [-0.4, -0.2) is 4.98 Å². The van der Waals surface area contributed by atoms with Crippen LogP contribution in [0.5, 0.6) is 0 Å². The number of nitrogens with zero attached hydrogens (tertiary/aromatic N) is 1. The van der Waals surface area contributed by atoms with Gasteiger partial charge >= 0.3 is 0 Å². The van der Waals surface area contributed by atoms with Crippen molar-refractivity contribution in [3.05, 3.63) is 89.6 Å². The summed E-state index contributed by atoms with van der Waals surface area (Å²) in [5.41, 5.74) is 7.01. The molecule has 0 radical (unpaired) electrons. The summed E-state index contributed by atoms with van der Waals surface area (Å²) in [5, 5.41) is 2.04. The van der Waals surface area contributed by atoms with Crippen molar-refractivity contribution in [2.24, 2.45) is 5.41 Å². The van der Waals surface area contributed by atoms with Crippen LogP contribution < -0.4 is 0 Å². The molecule has 1 aliphatic rings. The lowest BCUT2D eigenvalue weighted by Crippen LogP contribution is -2.20. The molecule has 2 heteroatoms. The Morgan fingerprint density at radius 2 is 1.69 bits per heavy atom. The summed E-state index contributed by atoms with van der Waals surface area (Å²) in [5.74, 6) is -0.605. The fraction of sp³-hybridized carbons (Fsp3) is 0.303. The van der Waals surface area contributed by atoms with Crippen LogP contribution in [0.25, 0.3) is 44.3 Å². The van der Waals surface area contributed by atoms with Gasteiger partial charge in [-0.2, -0.15) is 0 Å². The summed E-state index contributed by atoms with van der Waals surface area (Å²) in [6, 6.07) is 21.9. The lowest BCUT2D eigenvalue weighted by molar-refractivity contribution is 0.224. The van der Waals surface area contributed by atoms with E-state index in [2.05, 4.69) is 24.9 Å². The minimum absolute atomic E-state index is 0.221. The number of aryl methyl sites for hydroxylation is 2. The van der Waals surface area contributed by atoms with Gasteiger partial charge in [0.1, 0.15) is 11.2 Å².